The zero-order chi connectivity index (χ0) is 20.9. The fourth-order valence-electron chi connectivity index (χ4n) is 4.50. The lowest BCUT2D eigenvalue weighted by molar-refractivity contribution is -0.117. The number of carbonyl (C=O) groups is 2. The van der Waals surface area contributed by atoms with Crippen LogP contribution in [0.2, 0.25) is 0 Å². The molecule has 2 heterocycles. The average Bonchev–Trinajstić information content (AvgIpc) is 3.50. The minimum atomic E-state index is -0.520. The first-order valence-electron chi connectivity index (χ1n) is 9.91. The van der Waals surface area contributed by atoms with E-state index in [1.54, 1.807) is 38.1 Å². The Morgan fingerprint density at radius 2 is 1.97 bits per heavy atom. The molecule has 0 saturated heterocycles. The summed E-state index contributed by atoms with van der Waals surface area (Å²) in [5.74, 6) is 0.174. The number of rotatable bonds is 4. The molecule has 0 radical (unpaired) electrons. The van der Waals surface area contributed by atoms with E-state index in [4.69, 9.17) is 5.73 Å². The average molecular weight is 396 g/mol. The summed E-state index contributed by atoms with van der Waals surface area (Å²) in [6.45, 7) is 5.30. The van der Waals surface area contributed by atoms with Crippen LogP contribution in [0.25, 0.3) is 0 Å². The molecule has 152 valence electrons. The minimum absolute atomic E-state index is 0.0176. The van der Waals surface area contributed by atoms with E-state index in [0.29, 0.717) is 23.0 Å². The number of nitrogens with two attached hydrogens (primary N) is 1. The highest BCUT2D eigenvalue weighted by Gasteiger charge is 2.47. The second kappa shape index (κ2) is 7.13. The van der Waals surface area contributed by atoms with Crippen molar-refractivity contribution in [2.45, 2.75) is 45.7 Å². The molecule has 4 rings (SSSR count). The number of fused-ring (bicyclic) bond motifs is 1. The van der Waals surface area contributed by atoms with Gasteiger partial charge in [-0.05, 0) is 61.6 Å². The summed E-state index contributed by atoms with van der Waals surface area (Å²) in [6, 6.07) is 8.07. The third kappa shape index (κ3) is 3.45. The van der Waals surface area contributed by atoms with E-state index in [0.717, 1.165) is 24.1 Å². The number of nitrogens with one attached hydrogen (secondary N) is 1. The second-order valence-corrected chi connectivity index (χ2v) is 8.10. The number of carbonyl (C=O) groups excluding carboxylic acids is 2. The lowest BCUT2D eigenvalue weighted by atomic mass is 9.79. The van der Waals surface area contributed by atoms with Crippen molar-refractivity contribution < 1.29 is 14.0 Å². The van der Waals surface area contributed by atoms with Gasteiger partial charge in [-0.25, -0.2) is 9.37 Å². The summed E-state index contributed by atoms with van der Waals surface area (Å²) in [6.07, 6.45) is 2.18. The van der Waals surface area contributed by atoms with Gasteiger partial charge in [0, 0.05) is 30.1 Å². The molecule has 1 fully saturated rings. The lowest BCUT2D eigenvalue weighted by Crippen LogP contribution is -2.51. The Bertz CT molecular complexity index is 989. The third-order valence-electron chi connectivity index (χ3n) is 6.04. The Kier molecular flexibility index (Phi) is 4.76. The molecule has 0 spiro atoms. The van der Waals surface area contributed by atoms with Gasteiger partial charge in [0.25, 0.3) is 0 Å². The number of amides is 2. The molecule has 1 aliphatic carbocycles. The van der Waals surface area contributed by atoms with Crippen molar-refractivity contribution in [3.05, 3.63) is 53.0 Å². The number of halogens is 1. The predicted molar refractivity (Wildman–Crippen MR) is 109 cm³/mol. The van der Waals surface area contributed by atoms with Gasteiger partial charge in [0.1, 0.15) is 11.6 Å². The van der Waals surface area contributed by atoms with Gasteiger partial charge in [0.05, 0.1) is 11.7 Å². The van der Waals surface area contributed by atoms with Gasteiger partial charge in [-0.15, -0.1) is 0 Å². The molecule has 2 amide bonds. The van der Waals surface area contributed by atoms with Gasteiger partial charge in [0.2, 0.25) is 11.8 Å². The fourth-order valence-corrected chi connectivity index (χ4v) is 4.50. The number of aromatic nitrogens is 1. The number of hydrogen-bond donors (Lipinski definition) is 2. The molecule has 3 N–H and O–H groups in total. The summed E-state index contributed by atoms with van der Waals surface area (Å²) >= 11 is 0. The highest BCUT2D eigenvalue weighted by Crippen LogP contribution is 2.50. The van der Waals surface area contributed by atoms with Crippen LogP contribution in [0.5, 0.6) is 0 Å². The molecule has 29 heavy (non-hydrogen) atoms. The van der Waals surface area contributed by atoms with Crippen LogP contribution in [0.15, 0.2) is 30.3 Å². The normalized spacial score (nSPS) is 23.4. The van der Waals surface area contributed by atoms with E-state index in [9.17, 15) is 14.0 Å². The Balaban J connectivity index is 1.83. The van der Waals surface area contributed by atoms with Crippen LogP contribution < -0.4 is 16.0 Å². The number of aryl methyl sites for hydroxylation is 1. The zero-order valence-corrected chi connectivity index (χ0v) is 16.8. The van der Waals surface area contributed by atoms with Crippen molar-refractivity contribution >= 4 is 23.3 Å². The van der Waals surface area contributed by atoms with Crippen LogP contribution in [0.3, 0.4) is 0 Å². The molecule has 0 unspecified atom stereocenters. The first-order chi connectivity index (χ1) is 13.8. The van der Waals surface area contributed by atoms with Gasteiger partial charge >= 0.3 is 0 Å². The van der Waals surface area contributed by atoms with Gasteiger partial charge in [-0.2, -0.15) is 0 Å². The number of hydrogen-bond acceptors (Lipinski definition) is 4. The van der Waals surface area contributed by atoms with Crippen molar-refractivity contribution in [2.24, 2.45) is 17.6 Å². The van der Waals surface area contributed by atoms with E-state index >= 15 is 0 Å². The first kappa shape index (κ1) is 19.4. The zero-order valence-electron chi connectivity index (χ0n) is 16.8. The smallest absolute Gasteiger partial charge is 0.248 e. The van der Waals surface area contributed by atoms with Crippen LogP contribution >= 0.6 is 0 Å². The number of anilines is 2. The van der Waals surface area contributed by atoms with Crippen molar-refractivity contribution in [3.8, 4) is 0 Å². The molecule has 6 nitrogen and oxygen atoms in total. The van der Waals surface area contributed by atoms with Crippen LogP contribution in [-0.4, -0.2) is 22.8 Å². The van der Waals surface area contributed by atoms with Gasteiger partial charge in [-0.1, -0.05) is 6.92 Å². The maximum Gasteiger partial charge on any atom is 0.248 e. The summed E-state index contributed by atoms with van der Waals surface area (Å²) in [5, 5.41) is 3.43. The predicted octanol–water partition coefficient (Wildman–Crippen LogP) is 3.56. The monoisotopic (exact) mass is 396 g/mol. The van der Waals surface area contributed by atoms with Crippen LogP contribution in [0.1, 0.15) is 54.3 Å². The number of pyridine rings is 1. The van der Waals surface area contributed by atoms with E-state index < -0.39 is 5.91 Å². The molecule has 0 bridgehead atoms. The van der Waals surface area contributed by atoms with Crippen LogP contribution in [0.4, 0.5) is 15.9 Å². The van der Waals surface area contributed by atoms with Crippen LogP contribution in [0, 0.1) is 24.6 Å². The standard InChI is InChI=1S/C22H25FN4O2/c1-11-20(26-19-9-7-17(23)12(2)25-19)16-10-15(22(24)29)6-8-18(16)27(13(3)28)21(11)14-4-5-14/h6-11,14,20-21H,4-5H2,1-3H3,(H2,24,29)(H,25,26)/t11-,20-,21-/m1/s1. The Hall–Kier alpha value is -2.96. The highest BCUT2D eigenvalue weighted by atomic mass is 19.1. The van der Waals surface area contributed by atoms with Crippen LogP contribution in [-0.2, 0) is 4.79 Å². The first-order valence-corrected chi connectivity index (χ1v) is 9.91. The molecule has 1 saturated carbocycles. The largest absolute Gasteiger partial charge is 0.366 e. The van der Waals surface area contributed by atoms with Gasteiger partial charge in [-0.3, -0.25) is 9.59 Å². The van der Waals surface area contributed by atoms with E-state index in [-0.39, 0.29) is 29.7 Å². The molecule has 1 aliphatic heterocycles. The Morgan fingerprint density at radius 1 is 1.24 bits per heavy atom. The molecule has 1 aromatic heterocycles. The molecule has 2 aliphatic rings. The molecule has 3 atom stereocenters. The molecular weight excluding hydrogens is 371 g/mol. The highest BCUT2D eigenvalue weighted by molar-refractivity contribution is 5.97. The molecular formula is C22H25FN4O2. The van der Waals surface area contributed by atoms with Crippen molar-refractivity contribution in [1.29, 1.82) is 0 Å². The molecule has 7 heteroatoms. The Labute approximate surface area is 169 Å². The molecule has 1 aromatic carbocycles. The van der Waals surface area contributed by atoms with Gasteiger partial charge in [0.15, 0.2) is 0 Å². The quantitative estimate of drug-likeness (QED) is 0.827. The number of primary amides is 1. The van der Waals surface area contributed by atoms with Gasteiger partial charge < -0.3 is 16.0 Å². The minimum Gasteiger partial charge on any atom is -0.366 e. The van der Waals surface area contributed by atoms with Crippen molar-refractivity contribution in [3.63, 3.8) is 0 Å². The summed E-state index contributed by atoms with van der Waals surface area (Å²) < 4.78 is 13.7. The van der Waals surface area contributed by atoms with E-state index in [1.165, 1.54) is 6.07 Å². The summed E-state index contributed by atoms with van der Waals surface area (Å²) in [4.78, 5) is 30.5. The van der Waals surface area contributed by atoms with E-state index in [1.807, 2.05) is 4.90 Å². The topological polar surface area (TPSA) is 88.3 Å². The Morgan fingerprint density at radius 3 is 2.55 bits per heavy atom. The fraction of sp³-hybridized carbons (Fsp3) is 0.409. The second-order valence-electron chi connectivity index (χ2n) is 8.10. The summed E-state index contributed by atoms with van der Waals surface area (Å²) in [5.41, 5.74) is 7.81. The lowest BCUT2D eigenvalue weighted by Gasteiger charge is -2.46. The van der Waals surface area contributed by atoms with E-state index in [2.05, 4.69) is 17.2 Å². The third-order valence-corrected chi connectivity index (χ3v) is 6.04. The molecule has 2 aromatic rings. The maximum absolute atomic E-state index is 13.7. The number of benzene rings is 1. The summed E-state index contributed by atoms with van der Waals surface area (Å²) in [7, 11) is 0. The van der Waals surface area contributed by atoms with Crippen molar-refractivity contribution in [1.82, 2.24) is 4.98 Å². The number of nitrogens with zero attached hydrogens (tertiary/aromatic N) is 2. The van der Waals surface area contributed by atoms with Crippen molar-refractivity contribution in [2.75, 3.05) is 10.2 Å². The maximum atomic E-state index is 13.7. The SMILES string of the molecule is CC(=O)N1c2ccc(C(N)=O)cc2[C@H](Nc2ccc(F)c(C)n2)[C@@H](C)[C@@H]1C1CC1.